The van der Waals surface area contributed by atoms with Crippen LogP contribution in [0.4, 0.5) is 14.4 Å². The maximum absolute atomic E-state index is 12.2. The van der Waals surface area contributed by atoms with Gasteiger partial charge in [-0.25, -0.2) is 28.8 Å². The number of hydrogen-bond acceptors (Lipinski definition) is 23. The summed E-state index contributed by atoms with van der Waals surface area (Å²) in [5.74, 6) is -1.55. The number of alkyl carbamates (subject to hydrolysis) is 3. The third-order valence-corrected chi connectivity index (χ3v) is 14.7. The van der Waals surface area contributed by atoms with Crippen molar-refractivity contribution in [3.63, 3.8) is 0 Å². The van der Waals surface area contributed by atoms with Gasteiger partial charge in [0.15, 0.2) is 46.0 Å². The monoisotopic (exact) mass is 1510 g/mol. The Morgan fingerprint density at radius 3 is 1.18 bits per heavy atom. The van der Waals surface area contributed by atoms with E-state index in [1.165, 1.54) is 47.1 Å². The van der Waals surface area contributed by atoms with E-state index in [1.54, 1.807) is 78.9 Å². The molecule has 3 amide bonds. The van der Waals surface area contributed by atoms with Crippen LogP contribution in [0.15, 0.2) is 169 Å². The van der Waals surface area contributed by atoms with E-state index in [-0.39, 0.29) is 49.9 Å². The van der Waals surface area contributed by atoms with E-state index in [0.717, 1.165) is 74.3 Å². The molecule has 0 aromatic heterocycles. The summed E-state index contributed by atoms with van der Waals surface area (Å²) < 4.78 is 62.9. The number of aliphatic carboxylic acids is 1. The van der Waals surface area contributed by atoms with Crippen molar-refractivity contribution in [1.29, 1.82) is 0 Å². The highest BCUT2D eigenvalue weighted by Gasteiger charge is 2.26. The molecule has 7 aromatic carbocycles. The summed E-state index contributed by atoms with van der Waals surface area (Å²) in [5, 5.41) is 26.6. The molecule has 7 rings (SSSR count). The number of phenols is 1. The van der Waals surface area contributed by atoms with Gasteiger partial charge in [0.25, 0.3) is 0 Å². The molecule has 2 atom stereocenters. The second-order valence-electron chi connectivity index (χ2n) is 23.7. The second kappa shape index (κ2) is 50.9. The second-order valence-corrected chi connectivity index (χ2v) is 23.7. The Hall–Kier alpha value is -12.4. The molecule has 0 fully saturated rings. The van der Waals surface area contributed by atoms with Crippen molar-refractivity contribution < 1.29 is 115 Å². The molecular weight excluding hydrogens is 1410 g/mol. The Labute approximate surface area is 634 Å². The molecule has 0 aliphatic heterocycles. The van der Waals surface area contributed by atoms with Gasteiger partial charge in [-0.3, -0.25) is 24.5 Å². The number of rotatable bonds is 37. The summed E-state index contributed by atoms with van der Waals surface area (Å²) in [6.45, 7) is 14.1. The number of methoxy groups -OCH3 is 2. The fraction of sp³-hybridized carbons (Fsp3) is 0.341. The average molecular weight is 1510 g/mol. The van der Waals surface area contributed by atoms with E-state index < -0.39 is 66.2 Å². The maximum Gasteiger partial charge on any atom is 0.412 e. The van der Waals surface area contributed by atoms with Crippen molar-refractivity contribution in [2.45, 2.75) is 145 Å². The lowest BCUT2D eigenvalue weighted by Gasteiger charge is -2.18. The molecule has 584 valence electrons. The van der Waals surface area contributed by atoms with E-state index in [0.29, 0.717) is 83.2 Å². The number of amides is 3. The standard InChI is InChI=1S/C24H29NO7.C24H27NO7.C21H25NO6.C13H16O4/c2*1-4-5-13-30-22-15-19(11-12-21(22)32-17(2)26)14-20(23(27)29-3)25-24(28)31-16-18-9-7-6-8-10-18;1-2-3-11-27-19-13-16(9-10-18(19)23)12-17(20(24)25)22-21(26)28-14-15-7-5-4-6-8-15;1-3-4-7-16-13-8-11(9-14)5-6-12(13)17-10(2)15/h6-12,15,20H,4-5,13-14,16H2,1-3H3,(H,25,28);6-12,14-15H,4-5,13,16H2,1-3H3,(H,25,28);4-10,13,17,23H,2-3,11-12,14H2,1H3,(H,22,26)(H,24,25);5-6,8-9H,3-4,7H2,1-2H3. The first-order chi connectivity index (χ1) is 52.5. The first kappa shape index (κ1) is 89.0. The number of carboxylic acids is 1. The van der Waals surface area contributed by atoms with Crippen molar-refractivity contribution in [3.8, 4) is 46.0 Å². The van der Waals surface area contributed by atoms with Crippen LogP contribution in [-0.2, 0) is 85.1 Å². The zero-order valence-electron chi connectivity index (χ0n) is 62.8. The smallest absolute Gasteiger partial charge is 0.412 e. The van der Waals surface area contributed by atoms with Crippen molar-refractivity contribution in [1.82, 2.24) is 16.0 Å². The van der Waals surface area contributed by atoms with Gasteiger partial charge >= 0.3 is 54.1 Å². The number of unbranched alkanes of at least 4 members (excludes halogenated alkanes) is 4. The van der Waals surface area contributed by atoms with Crippen LogP contribution in [0, 0.1) is 0 Å². The van der Waals surface area contributed by atoms with Crippen molar-refractivity contribution in [2.24, 2.45) is 0 Å². The van der Waals surface area contributed by atoms with Crippen molar-refractivity contribution in [2.75, 3.05) is 40.6 Å². The summed E-state index contributed by atoms with van der Waals surface area (Å²) in [7, 11) is 2.45. The van der Waals surface area contributed by atoms with E-state index >= 15 is 0 Å². The van der Waals surface area contributed by atoms with Crippen LogP contribution in [0.5, 0.6) is 46.0 Å². The molecule has 0 spiro atoms. The zero-order chi connectivity index (χ0) is 79.7. The Balaban J connectivity index is 0.000000314. The molecule has 0 aliphatic rings. The van der Waals surface area contributed by atoms with Gasteiger partial charge in [-0.1, -0.05) is 163 Å². The lowest BCUT2D eigenvalue weighted by Crippen LogP contribution is -2.43. The quantitative estimate of drug-likeness (QED) is 0.00603. The number of aldehydes is 1. The molecule has 0 saturated carbocycles. The first-order valence-electron chi connectivity index (χ1n) is 35.3. The number of carbonyl (C=O) groups excluding carboxylic acids is 9. The molecule has 7 aromatic rings. The van der Waals surface area contributed by atoms with Gasteiger partial charge in [-0.15, -0.1) is 0 Å². The van der Waals surface area contributed by atoms with Crippen molar-refractivity contribution >= 4 is 66.5 Å². The topological polar surface area (TPSA) is 358 Å². The number of esters is 5. The number of ether oxygens (including phenoxy) is 12. The molecule has 27 heteroatoms. The maximum atomic E-state index is 12.2. The third-order valence-electron chi connectivity index (χ3n) is 14.7. The van der Waals surface area contributed by atoms with Crippen LogP contribution in [-0.4, -0.2) is 123 Å². The minimum Gasteiger partial charge on any atom is -0.504 e. The van der Waals surface area contributed by atoms with E-state index in [2.05, 4.69) is 22.9 Å². The van der Waals surface area contributed by atoms with Crippen LogP contribution in [0.3, 0.4) is 0 Å². The largest absolute Gasteiger partial charge is 0.504 e. The lowest BCUT2D eigenvalue weighted by atomic mass is 10.1. The third kappa shape index (κ3) is 36.0. The van der Waals surface area contributed by atoms with Crippen LogP contribution in [0.2, 0.25) is 0 Å². The summed E-state index contributed by atoms with van der Waals surface area (Å²) in [5.41, 5.74) is 4.63. The summed E-state index contributed by atoms with van der Waals surface area (Å²) in [4.78, 5) is 117. The first-order valence-corrected chi connectivity index (χ1v) is 35.3. The number of hydrogen-bond donors (Lipinski definition) is 5. The number of phenolic OH excluding ortho intramolecular Hbond substituents is 1. The lowest BCUT2D eigenvalue weighted by molar-refractivity contribution is -0.143. The summed E-state index contributed by atoms with van der Waals surface area (Å²) >= 11 is 0. The Morgan fingerprint density at radius 2 is 0.780 bits per heavy atom. The van der Waals surface area contributed by atoms with Gasteiger partial charge in [0.05, 0.1) is 40.6 Å². The van der Waals surface area contributed by atoms with Crippen molar-refractivity contribution in [3.05, 3.63) is 208 Å². The predicted molar refractivity (Wildman–Crippen MR) is 402 cm³/mol. The molecule has 0 bridgehead atoms. The molecule has 27 nitrogen and oxygen atoms in total. The van der Waals surface area contributed by atoms with Crippen LogP contribution >= 0.6 is 0 Å². The number of nitrogens with one attached hydrogen (secondary N) is 3. The highest BCUT2D eigenvalue weighted by atomic mass is 16.6. The van der Waals surface area contributed by atoms with E-state index in [4.69, 9.17) is 56.8 Å². The molecule has 0 aliphatic carbocycles. The fourth-order valence-electron chi connectivity index (χ4n) is 9.17. The normalized spacial score (nSPS) is 10.9. The molecular formula is C82H97N3O24. The SMILES string of the molecule is CCCCOc1cc(C=C(NC(=O)OCc2ccccc2)C(=O)OC)ccc1OC(C)=O.CCCCOc1cc(C=O)ccc1OC(C)=O.CCCCOc1cc(CC(NC(=O)OCc2ccccc2)C(=O)O)ccc1O.CCCCOc1cc(CC(NC(=O)OCc2ccccc2)C(=O)OC)ccc1OC(C)=O. The Kier molecular flexibility index (Phi) is 41.6. The van der Waals surface area contributed by atoms with E-state index in [1.807, 2.05) is 99.6 Å². The van der Waals surface area contributed by atoms with Gasteiger partial charge in [0.2, 0.25) is 0 Å². The molecule has 0 heterocycles. The van der Waals surface area contributed by atoms with Gasteiger partial charge in [-0.05, 0) is 120 Å². The number of carbonyl (C=O) groups is 10. The predicted octanol–water partition coefficient (Wildman–Crippen LogP) is 14.1. The Bertz CT molecular complexity index is 4040. The van der Waals surface area contributed by atoms with Crippen LogP contribution in [0.25, 0.3) is 6.08 Å². The fourth-order valence-corrected chi connectivity index (χ4v) is 9.17. The molecule has 0 saturated heterocycles. The van der Waals surface area contributed by atoms with Crippen LogP contribution < -0.4 is 49.1 Å². The van der Waals surface area contributed by atoms with Crippen LogP contribution in [0.1, 0.15) is 144 Å². The van der Waals surface area contributed by atoms with Gasteiger partial charge in [0, 0.05) is 39.2 Å². The minimum absolute atomic E-state index is 0.0121. The number of carboxylic acid groups (broad SMARTS) is 1. The van der Waals surface area contributed by atoms with Gasteiger partial charge in [-0.2, -0.15) is 0 Å². The minimum atomic E-state index is -1.18. The highest BCUT2D eigenvalue weighted by molar-refractivity contribution is 5.97. The summed E-state index contributed by atoms with van der Waals surface area (Å²) in [6.07, 6.45) is 7.21. The number of aromatic hydroxyl groups is 1. The summed E-state index contributed by atoms with van der Waals surface area (Å²) in [6, 6.07) is 44.4. The average Bonchev–Trinajstić information content (AvgIpc) is 0.851. The number of benzene rings is 7. The molecule has 0 radical (unpaired) electrons. The van der Waals surface area contributed by atoms with E-state index in [9.17, 15) is 58.2 Å². The Morgan fingerprint density at radius 1 is 0.413 bits per heavy atom. The zero-order valence-corrected chi connectivity index (χ0v) is 62.8. The molecule has 5 N–H and O–H groups in total. The highest BCUT2D eigenvalue weighted by Crippen LogP contribution is 2.33. The molecule has 109 heavy (non-hydrogen) atoms. The molecule has 2 unspecified atom stereocenters. The van der Waals surface area contributed by atoms with Gasteiger partial charge < -0.3 is 77.7 Å². The van der Waals surface area contributed by atoms with Gasteiger partial charge in [0.1, 0.15) is 43.9 Å².